The second kappa shape index (κ2) is 10.5. The Kier molecular flexibility index (Phi) is 7.76. The molecule has 0 atom stereocenters. The van der Waals surface area contributed by atoms with E-state index in [1.54, 1.807) is 24.3 Å². The van der Waals surface area contributed by atoms with Gasteiger partial charge in [-0.3, -0.25) is 19.3 Å². The molecule has 0 aliphatic carbocycles. The molecule has 3 rings (SSSR count). The molecule has 2 aromatic carbocycles. The van der Waals surface area contributed by atoms with Crippen LogP contribution in [0.5, 0.6) is 11.5 Å². The molecule has 1 heterocycles. The second-order valence-corrected chi connectivity index (χ2v) is 8.10. The van der Waals surface area contributed by atoms with Crippen molar-refractivity contribution < 1.29 is 28.2 Å². The predicted molar refractivity (Wildman–Crippen MR) is 121 cm³/mol. The molecule has 32 heavy (non-hydrogen) atoms. The van der Waals surface area contributed by atoms with Gasteiger partial charge in [0.1, 0.15) is 12.4 Å². The number of hydrogen-bond acceptors (Lipinski definition) is 6. The van der Waals surface area contributed by atoms with Gasteiger partial charge in [-0.2, -0.15) is 0 Å². The number of amides is 3. The minimum Gasteiger partial charge on any atom is -0.493 e. The van der Waals surface area contributed by atoms with Crippen molar-refractivity contribution in [3.63, 3.8) is 0 Å². The number of halogens is 2. The molecule has 3 amide bonds. The lowest BCUT2D eigenvalue weighted by atomic mass is 10.2. The van der Waals surface area contributed by atoms with E-state index in [1.165, 1.54) is 19.2 Å². The van der Waals surface area contributed by atoms with E-state index >= 15 is 0 Å². The van der Waals surface area contributed by atoms with Gasteiger partial charge < -0.3 is 14.8 Å². The van der Waals surface area contributed by atoms with Crippen molar-refractivity contribution in [3.05, 3.63) is 57.7 Å². The lowest BCUT2D eigenvalue weighted by Gasteiger charge is -2.12. The van der Waals surface area contributed by atoms with Crippen LogP contribution in [0.2, 0.25) is 5.02 Å². The van der Waals surface area contributed by atoms with Gasteiger partial charge >= 0.3 is 0 Å². The van der Waals surface area contributed by atoms with Crippen LogP contribution < -0.4 is 14.8 Å². The van der Waals surface area contributed by atoms with Gasteiger partial charge in [0.05, 0.1) is 23.6 Å². The molecule has 10 heteroatoms. The average Bonchev–Trinajstić information content (AvgIpc) is 3.02. The van der Waals surface area contributed by atoms with Crippen molar-refractivity contribution in [1.29, 1.82) is 0 Å². The Morgan fingerprint density at radius 3 is 2.69 bits per heavy atom. The first-order valence-corrected chi connectivity index (χ1v) is 10.8. The van der Waals surface area contributed by atoms with Crippen molar-refractivity contribution in [1.82, 2.24) is 4.90 Å². The Labute approximate surface area is 193 Å². The number of nitrogens with zero attached hydrogens (tertiary/aromatic N) is 1. The van der Waals surface area contributed by atoms with Crippen molar-refractivity contribution in [2.75, 3.05) is 25.6 Å². The molecule has 0 aromatic heterocycles. The molecule has 1 N–H and O–H groups in total. The van der Waals surface area contributed by atoms with Crippen molar-refractivity contribution in [3.8, 4) is 11.5 Å². The predicted octanol–water partition coefficient (Wildman–Crippen LogP) is 4.95. The molecule has 0 radical (unpaired) electrons. The molecule has 1 saturated heterocycles. The molecule has 168 valence electrons. The van der Waals surface area contributed by atoms with Crippen LogP contribution in [-0.4, -0.2) is 42.2 Å². The molecule has 1 fully saturated rings. The normalized spacial score (nSPS) is 14.8. The quantitative estimate of drug-likeness (QED) is 0.540. The standard InChI is InChI=1S/C22H20ClFN2O5S/c1-3-8-31-17-7-4-13(9-18(17)30-2)10-19-21(28)26(22(29)32-19)12-20(27)25-14-5-6-16(24)15(23)11-14/h4-7,9-11H,3,8,12H2,1-2H3,(H,25,27)/b19-10-. The van der Waals surface area contributed by atoms with Gasteiger partial charge in [-0.1, -0.05) is 24.6 Å². The first-order chi connectivity index (χ1) is 15.3. The minimum absolute atomic E-state index is 0.154. The van der Waals surface area contributed by atoms with Gasteiger partial charge in [0, 0.05) is 5.69 Å². The maximum atomic E-state index is 13.2. The zero-order valence-corrected chi connectivity index (χ0v) is 18.9. The Balaban J connectivity index is 1.70. The maximum Gasteiger partial charge on any atom is 0.294 e. The molecule has 1 aliphatic rings. The fraction of sp³-hybridized carbons (Fsp3) is 0.227. The number of carbonyl (C=O) groups is 3. The smallest absolute Gasteiger partial charge is 0.294 e. The molecule has 0 spiro atoms. The molecule has 0 saturated carbocycles. The topological polar surface area (TPSA) is 84.9 Å². The van der Waals surface area contributed by atoms with Crippen molar-refractivity contribution >= 4 is 52.2 Å². The largest absolute Gasteiger partial charge is 0.493 e. The molecular weight excluding hydrogens is 459 g/mol. The van der Waals surface area contributed by atoms with Gasteiger partial charge in [-0.25, -0.2) is 4.39 Å². The number of methoxy groups -OCH3 is 1. The first-order valence-electron chi connectivity index (χ1n) is 9.63. The van der Waals surface area contributed by atoms with Gasteiger partial charge in [-0.15, -0.1) is 0 Å². The summed E-state index contributed by atoms with van der Waals surface area (Å²) in [5.74, 6) is -0.740. The maximum absolute atomic E-state index is 13.2. The van der Waals surface area contributed by atoms with E-state index in [2.05, 4.69) is 5.32 Å². The number of thioether (sulfide) groups is 1. The number of rotatable bonds is 8. The highest BCUT2D eigenvalue weighted by Gasteiger charge is 2.36. The van der Waals surface area contributed by atoms with Crippen LogP contribution in [0.25, 0.3) is 6.08 Å². The summed E-state index contributed by atoms with van der Waals surface area (Å²) < 4.78 is 24.2. The number of imide groups is 1. The SMILES string of the molecule is CCCOc1ccc(/C=C2\SC(=O)N(CC(=O)Nc3ccc(F)c(Cl)c3)C2=O)cc1OC. The van der Waals surface area contributed by atoms with E-state index in [4.69, 9.17) is 21.1 Å². The van der Waals surface area contributed by atoms with Crippen LogP contribution in [0.1, 0.15) is 18.9 Å². The van der Waals surface area contributed by atoms with Crippen LogP contribution >= 0.6 is 23.4 Å². The third-order valence-electron chi connectivity index (χ3n) is 4.33. The number of carbonyl (C=O) groups excluding carboxylic acids is 3. The van der Waals surface area contributed by atoms with Gasteiger partial charge in [0.15, 0.2) is 11.5 Å². The van der Waals surface area contributed by atoms with Crippen LogP contribution in [0, 0.1) is 5.82 Å². The van der Waals surface area contributed by atoms with E-state index in [0.717, 1.165) is 29.1 Å². The Morgan fingerprint density at radius 2 is 2.00 bits per heavy atom. The zero-order chi connectivity index (χ0) is 23.3. The van der Waals surface area contributed by atoms with Crippen LogP contribution in [0.3, 0.4) is 0 Å². The van der Waals surface area contributed by atoms with E-state index in [-0.39, 0.29) is 15.6 Å². The van der Waals surface area contributed by atoms with Crippen LogP contribution in [0.4, 0.5) is 14.9 Å². The first kappa shape index (κ1) is 23.6. The fourth-order valence-corrected chi connectivity index (χ4v) is 3.83. The summed E-state index contributed by atoms with van der Waals surface area (Å²) in [5, 5.41) is 1.76. The summed E-state index contributed by atoms with van der Waals surface area (Å²) in [5.41, 5.74) is 0.892. The summed E-state index contributed by atoms with van der Waals surface area (Å²) in [6, 6.07) is 8.84. The Bertz CT molecular complexity index is 1090. The van der Waals surface area contributed by atoms with Gasteiger partial charge in [0.25, 0.3) is 11.1 Å². The van der Waals surface area contributed by atoms with Gasteiger partial charge in [-0.05, 0) is 60.2 Å². The number of anilines is 1. The third kappa shape index (κ3) is 5.60. The van der Waals surface area contributed by atoms with Gasteiger partial charge in [0.2, 0.25) is 5.91 Å². The summed E-state index contributed by atoms with van der Waals surface area (Å²) in [6.45, 7) is 2.05. The molecular formula is C22H20ClFN2O5S. The Hall–Kier alpha value is -3.04. The van der Waals surface area contributed by atoms with Crippen LogP contribution in [0.15, 0.2) is 41.3 Å². The van der Waals surface area contributed by atoms with E-state index in [0.29, 0.717) is 23.7 Å². The highest BCUT2D eigenvalue weighted by molar-refractivity contribution is 8.18. The van der Waals surface area contributed by atoms with Crippen molar-refractivity contribution in [2.24, 2.45) is 0 Å². The monoisotopic (exact) mass is 478 g/mol. The lowest BCUT2D eigenvalue weighted by molar-refractivity contribution is -0.127. The van der Waals surface area contributed by atoms with E-state index in [1.807, 2.05) is 6.92 Å². The van der Waals surface area contributed by atoms with E-state index < -0.39 is 29.4 Å². The molecule has 0 bridgehead atoms. The molecule has 1 aliphatic heterocycles. The van der Waals surface area contributed by atoms with E-state index in [9.17, 15) is 18.8 Å². The highest BCUT2D eigenvalue weighted by Crippen LogP contribution is 2.34. The summed E-state index contributed by atoms with van der Waals surface area (Å²) >= 11 is 6.43. The number of ether oxygens (including phenoxy) is 2. The lowest BCUT2D eigenvalue weighted by Crippen LogP contribution is -2.36. The van der Waals surface area contributed by atoms with Crippen molar-refractivity contribution in [2.45, 2.75) is 13.3 Å². The average molecular weight is 479 g/mol. The third-order valence-corrected chi connectivity index (χ3v) is 5.52. The second-order valence-electron chi connectivity index (χ2n) is 6.70. The molecule has 0 unspecified atom stereocenters. The number of nitrogens with one attached hydrogen (secondary N) is 1. The van der Waals surface area contributed by atoms with Crippen LogP contribution in [-0.2, 0) is 9.59 Å². The zero-order valence-electron chi connectivity index (χ0n) is 17.3. The highest BCUT2D eigenvalue weighted by atomic mass is 35.5. The molecule has 2 aromatic rings. The fourth-order valence-electron chi connectivity index (χ4n) is 2.81. The molecule has 7 nitrogen and oxygen atoms in total. The Morgan fingerprint density at radius 1 is 1.22 bits per heavy atom. The summed E-state index contributed by atoms with van der Waals surface area (Å²) in [4.78, 5) is 38.3. The number of benzene rings is 2. The summed E-state index contributed by atoms with van der Waals surface area (Å²) in [6.07, 6.45) is 2.40. The summed E-state index contributed by atoms with van der Waals surface area (Å²) in [7, 11) is 1.51. The number of hydrogen-bond donors (Lipinski definition) is 1. The minimum atomic E-state index is -0.623.